The SMILES string of the molecule is COc1nc(NC2OC(CO)C(O)C(O)C2O)c(Cl)c(=O)n1C. The van der Waals surface area contributed by atoms with E-state index in [0.29, 0.717) is 0 Å². The van der Waals surface area contributed by atoms with E-state index in [1.165, 1.54) is 14.2 Å². The third-order valence-corrected chi connectivity index (χ3v) is 3.89. The number of hydrogen-bond acceptors (Lipinski definition) is 9. The third kappa shape index (κ3) is 3.27. The van der Waals surface area contributed by atoms with Crippen LogP contribution in [0.4, 0.5) is 5.82 Å². The summed E-state index contributed by atoms with van der Waals surface area (Å²) >= 11 is 5.92. The van der Waals surface area contributed by atoms with Crippen molar-refractivity contribution in [2.45, 2.75) is 30.6 Å². The van der Waals surface area contributed by atoms with Gasteiger partial charge in [-0.05, 0) is 0 Å². The largest absolute Gasteiger partial charge is 0.468 e. The maximum atomic E-state index is 12.0. The lowest BCUT2D eigenvalue weighted by Crippen LogP contribution is -2.60. The van der Waals surface area contributed by atoms with Crippen molar-refractivity contribution < 1.29 is 29.9 Å². The highest BCUT2D eigenvalue weighted by molar-refractivity contribution is 6.32. The summed E-state index contributed by atoms with van der Waals surface area (Å²) in [5.41, 5.74) is -0.592. The van der Waals surface area contributed by atoms with Gasteiger partial charge in [-0.2, -0.15) is 4.98 Å². The molecule has 0 bridgehead atoms. The fraction of sp³-hybridized carbons (Fsp3) is 0.667. The topological polar surface area (TPSA) is 146 Å². The molecule has 10 nitrogen and oxygen atoms in total. The number of halogens is 1. The maximum absolute atomic E-state index is 12.0. The van der Waals surface area contributed by atoms with E-state index in [4.69, 9.17) is 26.2 Å². The van der Waals surface area contributed by atoms with Gasteiger partial charge < -0.3 is 35.2 Å². The zero-order valence-corrected chi connectivity index (χ0v) is 13.1. The minimum Gasteiger partial charge on any atom is -0.468 e. The minimum absolute atomic E-state index is 0.0357. The Morgan fingerprint density at radius 1 is 1.35 bits per heavy atom. The van der Waals surface area contributed by atoms with Gasteiger partial charge >= 0.3 is 6.01 Å². The lowest BCUT2D eigenvalue weighted by molar-refractivity contribution is -0.221. The Bertz CT molecular complexity index is 623. The van der Waals surface area contributed by atoms with Crippen molar-refractivity contribution in [1.29, 1.82) is 0 Å². The average Bonchev–Trinajstić information content (AvgIpc) is 2.55. The summed E-state index contributed by atoms with van der Waals surface area (Å²) in [5.74, 6) is -0.129. The van der Waals surface area contributed by atoms with E-state index in [-0.39, 0.29) is 16.9 Å². The van der Waals surface area contributed by atoms with E-state index < -0.39 is 42.8 Å². The van der Waals surface area contributed by atoms with Crippen molar-refractivity contribution in [3.8, 4) is 6.01 Å². The summed E-state index contributed by atoms with van der Waals surface area (Å²) in [5, 5.41) is 40.9. The molecule has 0 aliphatic carbocycles. The Kier molecular flexibility index (Phi) is 5.45. The number of ether oxygens (including phenoxy) is 2. The second kappa shape index (κ2) is 6.99. The molecule has 0 aromatic carbocycles. The fourth-order valence-corrected chi connectivity index (χ4v) is 2.41. The zero-order chi connectivity index (χ0) is 17.3. The number of nitrogens with zero attached hydrogens (tertiary/aromatic N) is 2. The molecule has 2 rings (SSSR count). The summed E-state index contributed by atoms with van der Waals surface area (Å²) in [6, 6.07) is -0.0357. The van der Waals surface area contributed by atoms with Gasteiger partial charge in [-0.25, -0.2) is 0 Å². The van der Waals surface area contributed by atoms with Crippen LogP contribution in [0.5, 0.6) is 6.01 Å². The van der Waals surface area contributed by atoms with Crippen LogP contribution in [0, 0.1) is 0 Å². The zero-order valence-electron chi connectivity index (χ0n) is 12.4. The van der Waals surface area contributed by atoms with Gasteiger partial charge in [0.25, 0.3) is 5.56 Å². The molecule has 0 saturated carbocycles. The van der Waals surface area contributed by atoms with Gasteiger partial charge in [0.05, 0.1) is 13.7 Å². The van der Waals surface area contributed by atoms with Crippen molar-refractivity contribution in [2.75, 3.05) is 19.0 Å². The number of aliphatic hydroxyl groups is 4. The van der Waals surface area contributed by atoms with Crippen LogP contribution < -0.4 is 15.6 Å². The Balaban J connectivity index is 2.31. The summed E-state index contributed by atoms with van der Waals surface area (Å²) in [7, 11) is 2.73. The first kappa shape index (κ1) is 17.9. The van der Waals surface area contributed by atoms with Crippen LogP contribution in [0.1, 0.15) is 0 Å². The van der Waals surface area contributed by atoms with Crippen molar-refractivity contribution in [1.82, 2.24) is 9.55 Å². The highest BCUT2D eigenvalue weighted by Gasteiger charge is 2.43. The molecule has 2 heterocycles. The van der Waals surface area contributed by atoms with Crippen LogP contribution in [-0.4, -0.2) is 74.3 Å². The number of anilines is 1. The van der Waals surface area contributed by atoms with Crippen LogP contribution in [-0.2, 0) is 11.8 Å². The molecule has 11 heteroatoms. The number of aliphatic hydroxyl groups excluding tert-OH is 4. The second-order valence-electron chi connectivity index (χ2n) is 5.02. The molecule has 5 N–H and O–H groups in total. The molecule has 5 atom stereocenters. The molecule has 1 fully saturated rings. The molecule has 1 aromatic rings. The van der Waals surface area contributed by atoms with Gasteiger partial charge in [0, 0.05) is 7.05 Å². The van der Waals surface area contributed by atoms with Crippen LogP contribution in [0.25, 0.3) is 0 Å². The molecular weight excluding hydrogens is 334 g/mol. The summed E-state index contributed by atoms with van der Waals surface area (Å²) in [6.45, 7) is -0.579. The van der Waals surface area contributed by atoms with Crippen LogP contribution >= 0.6 is 11.6 Å². The van der Waals surface area contributed by atoms with Crippen molar-refractivity contribution in [3.63, 3.8) is 0 Å². The minimum atomic E-state index is -1.56. The van der Waals surface area contributed by atoms with Gasteiger partial charge in [0.2, 0.25) is 0 Å². The van der Waals surface area contributed by atoms with Gasteiger partial charge in [0.15, 0.2) is 12.0 Å². The summed E-state index contributed by atoms with van der Waals surface area (Å²) < 4.78 is 11.3. The van der Waals surface area contributed by atoms with Gasteiger partial charge in [-0.1, -0.05) is 11.6 Å². The van der Waals surface area contributed by atoms with E-state index in [1.54, 1.807) is 0 Å². The predicted octanol–water partition coefficient (Wildman–Crippen LogP) is -2.35. The van der Waals surface area contributed by atoms with Crippen LogP contribution in [0.3, 0.4) is 0 Å². The average molecular weight is 352 g/mol. The smallest absolute Gasteiger partial charge is 0.300 e. The van der Waals surface area contributed by atoms with Gasteiger partial charge in [-0.15, -0.1) is 0 Å². The standard InChI is InChI=1S/C12H18ClN3O7/c1-16-11(21)5(13)9(15-12(16)22-2)14-10-8(20)7(19)6(18)4(3-17)23-10/h4,6-8,10,14,17-20H,3H2,1-2H3. The van der Waals surface area contributed by atoms with E-state index in [2.05, 4.69) is 10.3 Å². The maximum Gasteiger partial charge on any atom is 0.300 e. The first-order chi connectivity index (χ1) is 10.8. The number of hydrogen-bond donors (Lipinski definition) is 5. The van der Waals surface area contributed by atoms with Gasteiger partial charge in [0.1, 0.15) is 29.4 Å². The molecule has 1 aromatic heterocycles. The quantitative estimate of drug-likeness (QED) is 0.402. The predicted molar refractivity (Wildman–Crippen MR) is 78.4 cm³/mol. The molecule has 1 saturated heterocycles. The molecule has 5 unspecified atom stereocenters. The number of methoxy groups -OCH3 is 1. The molecule has 0 spiro atoms. The molecule has 1 aliphatic heterocycles. The highest BCUT2D eigenvalue weighted by Crippen LogP contribution is 2.25. The Hall–Kier alpha value is -1.43. The van der Waals surface area contributed by atoms with E-state index in [0.717, 1.165) is 4.57 Å². The van der Waals surface area contributed by atoms with E-state index in [1.807, 2.05) is 0 Å². The second-order valence-corrected chi connectivity index (χ2v) is 5.40. The van der Waals surface area contributed by atoms with Crippen molar-refractivity contribution in [2.24, 2.45) is 7.05 Å². The molecule has 0 radical (unpaired) electrons. The molecule has 130 valence electrons. The van der Waals surface area contributed by atoms with Crippen molar-refractivity contribution >= 4 is 17.4 Å². The third-order valence-electron chi connectivity index (χ3n) is 3.55. The van der Waals surface area contributed by atoms with E-state index >= 15 is 0 Å². The first-order valence-electron chi connectivity index (χ1n) is 6.69. The van der Waals surface area contributed by atoms with Crippen LogP contribution in [0.15, 0.2) is 4.79 Å². The number of rotatable bonds is 4. The Morgan fingerprint density at radius 3 is 2.57 bits per heavy atom. The monoisotopic (exact) mass is 351 g/mol. The lowest BCUT2D eigenvalue weighted by Gasteiger charge is -2.40. The summed E-state index contributed by atoms with van der Waals surface area (Å²) in [6.07, 6.45) is -6.95. The van der Waals surface area contributed by atoms with E-state index in [9.17, 15) is 20.1 Å². The first-order valence-corrected chi connectivity index (χ1v) is 7.07. The molecule has 23 heavy (non-hydrogen) atoms. The van der Waals surface area contributed by atoms with Crippen molar-refractivity contribution in [3.05, 3.63) is 15.4 Å². The normalized spacial score (nSPS) is 31.0. The Labute approximate surface area is 135 Å². The molecule has 0 amide bonds. The lowest BCUT2D eigenvalue weighted by atomic mass is 9.98. The summed E-state index contributed by atoms with van der Waals surface area (Å²) in [4.78, 5) is 15.9. The fourth-order valence-electron chi connectivity index (χ4n) is 2.19. The van der Waals surface area contributed by atoms with Gasteiger partial charge in [-0.3, -0.25) is 9.36 Å². The highest BCUT2D eigenvalue weighted by atomic mass is 35.5. The number of nitrogens with one attached hydrogen (secondary N) is 1. The molecule has 1 aliphatic rings. The Morgan fingerprint density at radius 2 is 2.00 bits per heavy atom. The number of aromatic nitrogens is 2. The molecular formula is C12H18ClN3O7. The van der Waals surface area contributed by atoms with Crippen LogP contribution in [0.2, 0.25) is 5.02 Å².